The van der Waals surface area contributed by atoms with Crippen molar-refractivity contribution in [2.75, 3.05) is 22.2 Å². The minimum absolute atomic E-state index is 0.0952. The zero-order valence-electron chi connectivity index (χ0n) is 18.3. The summed E-state index contributed by atoms with van der Waals surface area (Å²) in [6, 6.07) is 19.5. The monoisotopic (exact) mass is 486 g/mol. The number of nitrogens with zero attached hydrogens (tertiary/aromatic N) is 1. The van der Waals surface area contributed by atoms with E-state index >= 15 is 0 Å². The van der Waals surface area contributed by atoms with Crippen LogP contribution < -0.4 is 13.8 Å². The van der Waals surface area contributed by atoms with E-state index in [0.29, 0.717) is 36.7 Å². The second-order valence-electron chi connectivity index (χ2n) is 7.76. The second kappa shape index (κ2) is 9.44. The number of aryl methyl sites for hydroxylation is 1. The summed E-state index contributed by atoms with van der Waals surface area (Å²) >= 11 is 0. The van der Waals surface area contributed by atoms with Crippen molar-refractivity contribution in [1.82, 2.24) is 0 Å². The normalized spacial score (nSPS) is 13.9. The van der Waals surface area contributed by atoms with Gasteiger partial charge in [0.15, 0.2) is 0 Å². The molecular weight excluding hydrogens is 460 g/mol. The van der Waals surface area contributed by atoms with E-state index in [0.717, 1.165) is 18.4 Å². The molecule has 0 radical (unpaired) electrons. The fraction of sp³-hybridized carbons (Fsp3) is 0.250. The molecule has 0 aromatic heterocycles. The van der Waals surface area contributed by atoms with Gasteiger partial charge in [0.1, 0.15) is 5.75 Å². The highest BCUT2D eigenvalue weighted by Crippen LogP contribution is 2.34. The molecule has 0 amide bonds. The first-order chi connectivity index (χ1) is 15.8. The highest BCUT2D eigenvalue weighted by atomic mass is 32.2. The van der Waals surface area contributed by atoms with Crippen LogP contribution in [0.25, 0.3) is 0 Å². The van der Waals surface area contributed by atoms with Crippen molar-refractivity contribution in [1.29, 1.82) is 0 Å². The van der Waals surface area contributed by atoms with Crippen molar-refractivity contribution < 1.29 is 21.6 Å². The van der Waals surface area contributed by atoms with Gasteiger partial charge in [0, 0.05) is 6.54 Å². The minimum Gasteiger partial charge on any atom is -0.494 e. The van der Waals surface area contributed by atoms with E-state index in [1.165, 1.54) is 16.4 Å². The van der Waals surface area contributed by atoms with E-state index in [-0.39, 0.29) is 9.79 Å². The quantitative estimate of drug-likeness (QED) is 0.509. The van der Waals surface area contributed by atoms with Gasteiger partial charge in [-0.05, 0) is 73.4 Å². The lowest BCUT2D eigenvalue weighted by atomic mass is 10.0. The Labute approximate surface area is 195 Å². The average Bonchev–Trinajstić information content (AvgIpc) is 2.83. The lowest BCUT2D eigenvalue weighted by Crippen LogP contribution is -2.35. The van der Waals surface area contributed by atoms with Crippen LogP contribution in [0.5, 0.6) is 5.75 Å². The summed E-state index contributed by atoms with van der Waals surface area (Å²) in [7, 11) is -7.61. The summed E-state index contributed by atoms with van der Waals surface area (Å²) < 4.78 is 61.8. The Morgan fingerprint density at radius 1 is 0.909 bits per heavy atom. The van der Waals surface area contributed by atoms with Crippen molar-refractivity contribution in [3.8, 4) is 5.75 Å². The van der Waals surface area contributed by atoms with Gasteiger partial charge in [-0.15, -0.1) is 0 Å². The molecule has 174 valence electrons. The third kappa shape index (κ3) is 4.99. The molecule has 0 saturated heterocycles. The topological polar surface area (TPSA) is 92.8 Å². The predicted octanol–water partition coefficient (Wildman–Crippen LogP) is 4.42. The summed E-state index contributed by atoms with van der Waals surface area (Å²) in [5.74, 6) is 0.603. The number of hydrogen-bond donors (Lipinski definition) is 1. The van der Waals surface area contributed by atoms with Crippen molar-refractivity contribution >= 4 is 31.4 Å². The van der Waals surface area contributed by atoms with Gasteiger partial charge in [-0.2, -0.15) is 0 Å². The molecule has 0 aliphatic carbocycles. The number of rotatable bonds is 8. The van der Waals surface area contributed by atoms with E-state index in [4.69, 9.17) is 4.74 Å². The number of fused-ring (bicyclic) bond motifs is 1. The van der Waals surface area contributed by atoms with E-state index in [2.05, 4.69) is 4.72 Å². The van der Waals surface area contributed by atoms with Crippen molar-refractivity contribution in [3.05, 3.63) is 78.4 Å². The lowest BCUT2D eigenvalue weighted by molar-refractivity contribution is 0.317. The number of sulfonamides is 2. The van der Waals surface area contributed by atoms with E-state index in [9.17, 15) is 16.8 Å². The zero-order valence-corrected chi connectivity index (χ0v) is 19.9. The largest absolute Gasteiger partial charge is 0.494 e. The third-order valence-electron chi connectivity index (χ3n) is 5.35. The Morgan fingerprint density at radius 3 is 2.33 bits per heavy atom. The van der Waals surface area contributed by atoms with Gasteiger partial charge in [0.2, 0.25) is 0 Å². The molecule has 1 N–H and O–H groups in total. The zero-order chi connectivity index (χ0) is 23.5. The second-order valence-corrected chi connectivity index (χ2v) is 11.3. The van der Waals surface area contributed by atoms with Crippen molar-refractivity contribution in [2.24, 2.45) is 0 Å². The van der Waals surface area contributed by atoms with Crippen LogP contribution in [0.1, 0.15) is 25.3 Å². The van der Waals surface area contributed by atoms with E-state index < -0.39 is 20.0 Å². The first-order valence-corrected chi connectivity index (χ1v) is 13.7. The van der Waals surface area contributed by atoms with Crippen LogP contribution in [0.15, 0.2) is 82.6 Å². The molecule has 0 fully saturated rings. The van der Waals surface area contributed by atoms with Crippen LogP contribution in [0.3, 0.4) is 0 Å². The highest BCUT2D eigenvalue weighted by Gasteiger charge is 2.29. The number of anilines is 2. The maximum Gasteiger partial charge on any atom is 0.264 e. The molecule has 33 heavy (non-hydrogen) atoms. The molecular formula is C24H26N2O5S2. The van der Waals surface area contributed by atoms with Gasteiger partial charge in [-0.3, -0.25) is 9.03 Å². The van der Waals surface area contributed by atoms with Crippen LogP contribution in [0, 0.1) is 0 Å². The molecule has 1 aliphatic heterocycles. The molecule has 3 aromatic carbocycles. The molecule has 3 aromatic rings. The lowest BCUT2D eigenvalue weighted by Gasteiger charge is -2.31. The van der Waals surface area contributed by atoms with Gasteiger partial charge >= 0.3 is 0 Å². The van der Waals surface area contributed by atoms with E-state index in [1.807, 2.05) is 6.92 Å². The summed E-state index contributed by atoms with van der Waals surface area (Å²) in [5, 5.41) is 0. The minimum atomic E-state index is -3.86. The molecule has 0 saturated carbocycles. The maximum absolute atomic E-state index is 13.3. The van der Waals surface area contributed by atoms with Crippen molar-refractivity contribution in [2.45, 2.75) is 36.0 Å². The smallest absolute Gasteiger partial charge is 0.264 e. The molecule has 7 nitrogen and oxygen atoms in total. The van der Waals surface area contributed by atoms with Gasteiger partial charge in [0.05, 0.1) is 27.8 Å². The fourth-order valence-electron chi connectivity index (χ4n) is 3.72. The van der Waals surface area contributed by atoms with Crippen LogP contribution >= 0.6 is 0 Å². The Hall–Kier alpha value is -3.04. The molecule has 4 rings (SSSR count). The molecule has 0 atom stereocenters. The highest BCUT2D eigenvalue weighted by molar-refractivity contribution is 7.93. The Bertz CT molecular complexity index is 1320. The maximum atomic E-state index is 13.3. The molecule has 9 heteroatoms. The third-order valence-corrected chi connectivity index (χ3v) is 8.58. The molecule has 0 bridgehead atoms. The summed E-state index contributed by atoms with van der Waals surface area (Å²) in [6.45, 7) is 2.88. The summed E-state index contributed by atoms with van der Waals surface area (Å²) in [4.78, 5) is 0.298. The summed E-state index contributed by atoms with van der Waals surface area (Å²) in [5.41, 5.74) is 1.66. The Balaban J connectivity index is 1.62. The molecule has 0 spiro atoms. The predicted molar refractivity (Wildman–Crippen MR) is 129 cm³/mol. The van der Waals surface area contributed by atoms with Crippen LogP contribution in [-0.2, 0) is 26.5 Å². The first kappa shape index (κ1) is 23.1. The molecule has 1 heterocycles. The first-order valence-electron chi connectivity index (χ1n) is 10.8. The molecule has 1 aliphatic rings. The number of benzene rings is 3. The Kier molecular flexibility index (Phi) is 6.62. The van der Waals surface area contributed by atoms with Crippen LogP contribution in [0.2, 0.25) is 0 Å². The fourth-order valence-corrected chi connectivity index (χ4v) is 6.33. The van der Waals surface area contributed by atoms with Gasteiger partial charge in [-0.25, -0.2) is 16.8 Å². The number of hydrogen-bond acceptors (Lipinski definition) is 5. The SMILES string of the molecule is CCCOc1ccc(S(=O)(=O)Nc2ccc3c(c2)N(S(=O)(=O)c2ccccc2)CCC3)cc1. The number of nitrogens with one attached hydrogen (secondary N) is 1. The van der Waals surface area contributed by atoms with Gasteiger partial charge in [0.25, 0.3) is 20.0 Å². The summed E-state index contributed by atoms with van der Waals surface area (Å²) in [6.07, 6.45) is 2.27. The standard InChI is InChI=1S/C24H26N2O5S2/c1-2-17-31-21-12-14-22(15-13-21)32(27,28)25-20-11-10-19-7-6-16-26(24(19)18-20)33(29,30)23-8-4-3-5-9-23/h3-5,8-15,18,25H,2,6-7,16-17H2,1H3. The van der Waals surface area contributed by atoms with Crippen molar-refractivity contribution in [3.63, 3.8) is 0 Å². The average molecular weight is 487 g/mol. The van der Waals surface area contributed by atoms with Crippen LogP contribution in [0.4, 0.5) is 11.4 Å². The molecule has 0 unspecified atom stereocenters. The Morgan fingerprint density at radius 2 is 1.64 bits per heavy atom. The van der Waals surface area contributed by atoms with Gasteiger partial charge in [-0.1, -0.05) is 31.2 Å². The number of ether oxygens (including phenoxy) is 1. The van der Waals surface area contributed by atoms with Crippen LogP contribution in [-0.4, -0.2) is 30.0 Å². The van der Waals surface area contributed by atoms with E-state index in [1.54, 1.807) is 60.7 Å². The van der Waals surface area contributed by atoms with Gasteiger partial charge < -0.3 is 4.74 Å².